The molecule has 0 aromatic carbocycles. The molecule has 1 N–H and O–H groups in total. The highest BCUT2D eigenvalue weighted by Gasteiger charge is 2.28. The fourth-order valence-electron chi connectivity index (χ4n) is 1.65. The molecule has 3 atom stereocenters. The van der Waals surface area contributed by atoms with Crippen molar-refractivity contribution in [3.63, 3.8) is 0 Å². The van der Waals surface area contributed by atoms with E-state index in [1.165, 1.54) is 17.9 Å². The molecule has 0 bridgehead atoms. The van der Waals surface area contributed by atoms with E-state index in [4.69, 9.17) is 0 Å². The van der Waals surface area contributed by atoms with E-state index in [9.17, 15) is 5.11 Å². The zero-order valence-electron chi connectivity index (χ0n) is 8.53. The summed E-state index contributed by atoms with van der Waals surface area (Å²) < 4.78 is 0. The maximum Gasteiger partial charge on any atom is 0.0669 e. The summed E-state index contributed by atoms with van der Waals surface area (Å²) >= 11 is 3.97. The Morgan fingerprint density at radius 2 is 2.08 bits per heavy atom. The highest BCUT2D eigenvalue weighted by molar-refractivity contribution is 8.07. The fraction of sp³-hybridized carbons (Fsp3) is 1.00. The molecule has 1 rings (SSSR count). The van der Waals surface area contributed by atoms with Crippen LogP contribution in [0.15, 0.2) is 0 Å². The zero-order chi connectivity index (χ0) is 9.68. The monoisotopic (exact) mass is 220 g/mol. The van der Waals surface area contributed by atoms with Crippen LogP contribution in [0.3, 0.4) is 0 Å². The van der Waals surface area contributed by atoms with Gasteiger partial charge in [-0.3, -0.25) is 0 Å². The summed E-state index contributed by atoms with van der Waals surface area (Å²) in [6, 6.07) is 0. The summed E-state index contributed by atoms with van der Waals surface area (Å²) in [7, 11) is 0. The lowest BCUT2D eigenvalue weighted by Gasteiger charge is -2.31. The van der Waals surface area contributed by atoms with Gasteiger partial charge in [-0.2, -0.15) is 23.5 Å². The second kappa shape index (κ2) is 6.20. The van der Waals surface area contributed by atoms with Gasteiger partial charge in [0.15, 0.2) is 0 Å². The lowest BCUT2D eigenvalue weighted by molar-refractivity contribution is 0.158. The molecule has 1 heterocycles. The number of hydrogen-bond acceptors (Lipinski definition) is 3. The van der Waals surface area contributed by atoms with Gasteiger partial charge in [-0.05, 0) is 6.42 Å². The van der Waals surface area contributed by atoms with Crippen LogP contribution in [0, 0.1) is 0 Å². The average molecular weight is 220 g/mol. The molecule has 1 aliphatic rings. The van der Waals surface area contributed by atoms with Gasteiger partial charge in [-0.1, -0.05) is 26.7 Å². The van der Waals surface area contributed by atoms with Crippen LogP contribution in [0.25, 0.3) is 0 Å². The van der Waals surface area contributed by atoms with Crippen molar-refractivity contribution in [1.82, 2.24) is 0 Å². The Morgan fingerprint density at radius 1 is 1.38 bits per heavy atom. The minimum absolute atomic E-state index is 0.0762. The van der Waals surface area contributed by atoms with Crippen molar-refractivity contribution in [1.29, 1.82) is 0 Å². The van der Waals surface area contributed by atoms with Gasteiger partial charge in [0.2, 0.25) is 0 Å². The largest absolute Gasteiger partial charge is 0.392 e. The van der Waals surface area contributed by atoms with E-state index < -0.39 is 0 Å². The van der Waals surface area contributed by atoms with E-state index in [0.29, 0.717) is 10.5 Å². The van der Waals surface area contributed by atoms with Crippen LogP contribution < -0.4 is 0 Å². The van der Waals surface area contributed by atoms with Crippen LogP contribution in [0.4, 0.5) is 0 Å². The molecular formula is C10H20OS2. The van der Waals surface area contributed by atoms with Gasteiger partial charge in [0.1, 0.15) is 0 Å². The van der Waals surface area contributed by atoms with Gasteiger partial charge < -0.3 is 5.11 Å². The van der Waals surface area contributed by atoms with Gasteiger partial charge in [-0.25, -0.2) is 0 Å². The quantitative estimate of drug-likeness (QED) is 0.787. The Morgan fingerprint density at radius 3 is 2.69 bits per heavy atom. The van der Waals surface area contributed by atoms with Gasteiger partial charge >= 0.3 is 0 Å². The average Bonchev–Trinajstić information content (AvgIpc) is 2.15. The summed E-state index contributed by atoms with van der Waals surface area (Å²) in [6.07, 6.45) is 3.26. The van der Waals surface area contributed by atoms with Crippen molar-refractivity contribution >= 4 is 23.5 Å². The van der Waals surface area contributed by atoms with Crippen molar-refractivity contribution < 1.29 is 5.11 Å². The first-order valence-electron chi connectivity index (χ1n) is 5.17. The SMILES string of the molecule is CCCCC(O)C1SCCSC1C. The molecule has 1 fully saturated rings. The Kier molecular flexibility index (Phi) is 5.60. The third-order valence-corrected chi connectivity index (χ3v) is 5.71. The first-order valence-corrected chi connectivity index (χ1v) is 7.26. The molecule has 3 heteroatoms. The van der Waals surface area contributed by atoms with Crippen LogP contribution in [0.1, 0.15) is 33.1 Å². The number of thioether (sulfide) groups is 2. The zero-order valence-corrected chi connectivity index (χ0v) is 10.2. The second-order valence-corrected chi connectivity index (χ2v) is 6.39. The standard InChI is InChI=1S/C10H20OS2/c1-3-4-5-9(11)10-8(2)12-6-7-13-10/h8-11H,3-7H2,1-2H3. The van der Waals surface area contributed by atoms with Crippen LogP contribution in [-0.4, -0.2) is 33.2 Å². The minimum Gasteiger partial charge on any atom is -0.392 e. The van der Waals surface area contributed by atoms with E-state index in [2.05, 4.69) is 13.8 Å². The third kappa shape index (κ3) is 3.72. The molecule has 0 aromatic heterocycles. The highest BCUT2D eigenvalue weighted by Crippen LogP contribution is 2.34. The van der Waals surface area contributed by atoms with Gasteiger partial charge in [0, 0.05) is 22.0 Å². The van der Waals surface area contributed by atoms with Crippen LogP contribution in [-0.2, 0) is 0 Å². The third-order valence-electron chi connectivity index (χ3n) is 2.47. The van der Waals surface area contributed by atoms with Crippen molar-refractivity contribution in [3.8, 4) is 0 Å². The molecule has 0 saturated carbocycles. The van der Waals surface area contributed by atoms with Crippen LogP contribution in [0.5, 0.6) is 0 Å². The Balaban J connectivity index is 2.30. The lowest BCUT2D eigenvalue weighted by atomic mass is 10.1. The summed E-state index contributed by atoms with van der Waals surface area (Å²) in [6.45, 7) is 4.43. The molecule has 1 nitrogen and oxygen atoms in total. The molecule has 1 saturated heterocycles. The second-order valence-electron chi connectivity index (χ2n) is 3.62. The first-order chi connectivity index (χ1) is 6.25. The Bertz CT molecular complexity index is 141. The Hall–Kier alpha value is 0.660. The first kappa shape index (κ1) is 11.7. The van der Waals surface area contributed by atoms with E-state index in [1.54, 1.807) is 0 Å². The van der Waals surface area contributed by atoms with Crippen molar-refractivity contribution in [2.75, 3.05) is 11.5 Å². The predicted molar refractivity (Wildman–Crippen MR) is 63.7 cm³/mol. The molecule has 0 aliphatic carbocycles. The maximum absolute atomic E-state index is 9.94. The predicted octanol–water partition coefficient (Wildman–Crippen LogP) is 2.77. The summed E-state index contributed by atoms with van der Waals surface area (Å²) in [4.78, 5) is 0. The molecular weight excluding hydrogens is 200 g/mol. The van der Waals surface area contributed by atoms with Gasteiger partial charge in [-0.15, -0.1) is 0 Å². The van der Waals surface area contributed by atoms with Gasteiger partial charge in [0.05, 0.1) is 6.10 Å². The molecule has 1 aliphatic heterocycles. The van der Waals surface area contributed by atoms with Crippen molar-refractivity contribution in [3.05, 3.63) is 0 Å². The maximum atomic E-state index is 9.94. The molecule has 0 radical (unpaired) electrons. The van der Waals surface area contributed by atoms with Crippen molar-refractivity contribution in [2.45, 2.75) is 49.7 Å². The molecule has 0 amide bonds. The van der Waals surface area contributed by atoms with E-state index in [0.717, 1.165) is 12.8 Å². The van der Waals surface area contributed by atoms with Crippen LogP contribution in [0.2, 0.25) is 0 Å². The van der Waals surface area contributed by atoms with E-state index >= 15 is 0 Å². The van der Waals surface area contributed by atoms with E-state index in [1.807, 2.05) is 23.5 Å². The number of hydrogen-bond donors (Lipinski definition) is 1. The normalized spacial score (nSPS) is 31.6. The van der Waals surface area contributed by atoms with Gasteiger partial charge in [0.25, 0.3) is 0 Å². The molecule has 78 valence electrons. The number of aliphatic hydroxyl groups is 1. The summed E-state index contributed by atoms with van der Waals surface area (Å²) in [5, 5.41) is 11.0. The summed E-state index contributed by atoms with van der Waals surface area (Å²) in [5.41, 5.74) is 0. The van der Waals surface area contributed by atoms with Crippen molar-refractivity contribution in [2.24, 2.45) is 0 Å². The van der Waals surface area contributed by atoms with E-state index in [-0.39, 0.29) is 6.10 Å². The molecule has 0 spiro atoms. The summed E-state index contributed by atoms with van der Waals surface area (Å²) in [5.74, 6) is 2.46. The molecule has 13 heavy (non-hydrogen) atoms. The Labute approximate surface area is 90.1 Å². The number of aliphatic hydroxyl groups excluding tert-OH is 1. The smallest absolute Gasteiger partial charge is 0.0669 e. The number of unbranched alkanes of at least 4 members (excludes halogenated alkanes) is 1. The number of rotatable bonds is 4. The van der Waals surface area contributed by atoms with Crippen LogP contribution >= 0.6 is 23.5 Å². The molecule has 0 aromatic rings. The minimum atomic E-state index is -0.0762. The topological polar surface area (TPSA) is 20.2 Å². The highest BCUT2D eigenvalue weighted by atomic mass is 32.2. The lowest BCUT2D eigenvalue weighted by Crippen LogP contribution is -2.34. The fourth-order valence-corrected chi connectivity index (χ4v) is 4.54. The molecule has 3 unspecified atom stereocenters.